The SMILES string of the molecule is CCCCCCCCOC(=O)C(C#N)=Cc1ccc(-c2ccccc2Cl)o1. The maximum atomic E-state index is 12.1. The molecule has 0 aliphatic heterocycles. The number of benzene rings is 1. The van der Waals surface area contributed by atoms with E-state index in [1.165, 1.54) is 25.3 Å². The lowest BCUT2D eigenvalue weighted by molar-refractivity contribution is -0.138. The van der Waals surface area contributed by atoms with Gasteiger partial charge in [0.25, 0.3) is 0 Å². The quantitative estimate of drug-likeness (QED) is 0.205. The van der Waals surface area contributed by atoms with Crippen LogP contribution < -0.4 is 0 Å². The first kappa shape index (κ1) is 20.8. The molecule has 4 nitrogen and oxygen atoms in total. The van der Waals surface area contributed by atoms with E-state index in [1.54, 1.807) is 18.2 Å². The third-order valence-electron chi connectivity index (χ3n) is 4.12. The molecule has 0 spiro atoms. The summed E-state index contributed by atoms with van der Waals surface area (Å²) in [6, 6.07) is 12.6. The highest BCUT2D eigenvalue weighted by atomic mass is 35.5. The van der Waals surface area contributed by atoms with Gasteiger partial charge in [0.05, 0.1) is 11.6 Å². The number of hydrogen-bond donors (Lipinski definition) is 0. The van der Waals surface area contributed by atoms with E-state index in [2.05, 4.69) is 6.92 Å². The Morgan fingerprint density at radius 1 is 1.15 bits per heavy atom. The van der Waals surface area contributed by atoms with E-state index >= 15 is 0 Å². The number of esters is 1. The molecule has 0 saturated heterocycles. The van der Waals surface area contributed by atoms with Gasteiger partial charge in [-0.3, -0.25) is 0 Å². The minimum atomic E-state index is -0.623. The summed E-state index contributed by atoms with van der Waals surface area (Å²) in [5.74, 6) is 0.351. The van der Waals surface area contributed by atoms with E-state index in [9.17, 15) is 10.1 Å². The first-order chi connectivity index (χ1) is 13.2. The number of unbranched alkanes of at least 4 members (excludes halogenated alkanes) is 5. The lowest BCUT2D eigenvalue weighted by Crippen LogP contribution is -2.07. The summed E-state index contributed by atoms with van der Waals surface area (Å²) in [4.78, 5) is 12.1. The van der Waals surface area contributed by atoms with Gasteiger partial charge < -0.3 is 9.15 Å². The minimum Gasteiger partial charge on any atom is -0.462 e. The molecule has 0 saturated carbocycles. The predicted octanol–water partition coefficient (Wildman–Crippen LogP) is 6.41. The fraction of sp³-hybridized carbons (Fsp3) is 0.364. The summed E-state index contributed by atoms with van der Waals surface area (Å²) in [6.45, 7) is 2.50. The van der Waals surface area contributed by atoms with Gasteiger partial charge >= 0.3 is 5.97 Å². The summed E-state index contributed by atoms with van der Waals surface area (Å²) in [5, 5.41) is 9.81. The van der Waals surface area contributed by atoms with Crippen molar-refractivity contribution in [2.24, 2.45) is 0 Å². The molecular weight excluding hydrogens is 362 g/mol. The van der Waals surface area contributed by atoms with E-state index in [1.807, 2.05) is 24.3 Å². The van der Waals surface area contributed by atoms with Gasteiger partial charge in [0, 0.05) is 11.6 Å². The molecule has 0 atom stereocenters. The number of nitriles is 1. The second-order valence-electron chi connectivity index (χ2n) is 6.26. The highest BCUT2D eigenvalue weighted by Gasteiger charge is 2.13. The number of halogens is 1. The predicted molar refractivity (Wildman–Crippen MR) is 107 cm³/mol. The molecule has 27 heavy (non-hydrogen) atoms. The number of nitrogens with zero attached hydrogens (tertiary/aromatic N) is 1. The van der Waals surface area contributed by atoms with Crippen LogP contribution in [-0.4, -0.2) is 12.6 Å². The van der Waals surface area contributed by atoms with E-state index in [0.717, 1.165) is 24.8 Å². The lowest BCUT2D eigenvalue weighted by atomic mass is 10.1. The molecule has 1 heterocycles. The van der Waals surface area contributed by atoms with Crippen LogP contribution in [-0.2, 0) is 9.53 Å². The summed E-state index contributed by atoms with van der Waals surface area (Å²) in [5.41, 5.74) is 0.670. The molecule has 0 aliphatic carbocycles. The topological polar surface area (TPSA) is 63.2 Å². The molecular formula is C22H24ClNO3. The Hall–Kier alpha value is -2.51. The number of rotatable bonds is 10. The van der Waals surface area contributed by atoms with Crippen LogP contribution in [0.3, 0.4) is 0 Å². The third-order valence-corrected chi connectivity index (χ3v) is 4.45. The second kappa shape index (κ2) is 11.3. The number of hydrogen-bond acceptors (Lipinski definition) is 4. The Morgan fingerprint density at radius 3 is 2.63 bits per heavy atom. The Morgan fingerprint density at radius 2 is 1.89 bits per heavy atom. The van der Waals surface area contributed by atoms with Crippen LogP contribution in [0, 0.1) is 11.3 Å². The molecule has 0 fully saturated rings. The monoisotopic (exact) mass is 385 g/mol. The largest absolute Gasteiger partial charge is 0.462 e. The normalized spacial score (nSPS) is 11.2. The van der Waals surface area contributed by atoms with Crippen molar-refractivity contribution >= 4 is 23.6 Å². The zero-order chi connectivity index (χ0) is 19.5. The van der Waals surface area contributed by atoms with Gasteiger partial charge in [0.1, 0.15) is 23.2 Å². The molecule has 5 heteroatoms. The third kappa shape index (κ3) is 6.62. The minimum absolute atomic E-state index is 0.0824. The van der Waals surface area contributed by atoms with Crippen molar-refractivity contribution in [3.05, 3.63) is 52.8 Å². The maximum Gasteiger partial charge on any atom is 0.349 e. The van der Waals surface area contributed by atoms with E-state index in [4.69, 9.17) is 20.8 Å². The van der Waals surface area contributed by atoms with Crippen LogP contribution >= 0.6 is 11.6 Å². The Kier molecular flexibility index (Phi) is 8.67. The van der Waals surface area contributed by atoms with Crippen LogP contribution in [0.25, 0.3) is 17.4 Å². The van der Waals surface area contributed by atoms with Crippen molar-refractivity contribution in [1.82, 2.24) is 0 Å². The number of carbonyl (C=O) groups is 1. The Bertz CT molecular complexity index is 817. The summed E-state index contributed by atoms with van der Waals surface area (Å²) >= 11 is 6.16. The van der Waals surface area contributed by atoms with Crippen LogP contribution in [0.5, 0.6) is 0 Å². The van der Waals surface area contributed by atoms with Gasteiger partial charge in [-0.25, -0.2) is 4.79 Å². The number of carbonyl (C=O) groups excluding carboxylic acids is 1. The Balaban J connectivity index is 1.91. The van der Waals surface area contributed by atoms with Crippen molar-refractivity contribution in [2.45, 2.75) is 45.4 Å². The summed E-state index contributed by atoms with van der Waals surface area (Å²) in [7, 11) is 0. The molecule has 0 radical (unpaired) electrons. The lowest BCUT2D eigenvalue weighted by Gasteiger charge is -2.04. The molecule has 0 N–H and O–H groups in total. The molecule has 2 rings (SSSR count). The van der Waals surface area contributed by atoms with Crippen molar-refractivity contribution in [1.29, 1.82) is 5.26 Å². The highest BCUT2D eigenvalue weighted by Crippen LogP contribution is 2.29. The highest BCUT2D eigenvalue weighted by molar-refractivity contribution is 6.33. The molecule has 0 aliphatic rings. The van der Waals surface area contributed by atoms with Gasteiger partial charge in [-0.05, 0) is 30.7 Å². The molecule has 142 valence electrons. The summed E-state index contributed by atoms with van der Waals surface area (Å²) < 4.78 is 10.9. The van der Waals surface area contributed by atoms with Gasteiger partial charge in [-0.1, -0.05) is 62.8 Å². The average molecular weight is 386 g/mol. The fourth-order valence-electron chi connectivity index (χ4n) is 2.64. The molecule has 0 bridgehead atoms. The second-order valence-corrected chi connectivity index (χ2v) is 6.66. The number of ether oxygens (including phenoxy) is 1. The molecule has 0 unspecified atom stereocenters. The maximum absolute atomic E-state index is 12.1. The summed E-state index contributed by atoms with van der Waals surface area (Å²) in [6.07, 6.45) is 8.02. The molecule has 1 aromatic heterocycles. The van der Waals surface area contributed by atoms with Crippen molar-refractivity contribution < 1.29 is 13.9 Å². The van der Waals surface area contributed by atoms with Crippen LogP contribution in [0.15, 0.2) is 46.4 Å². The van der Waals surface area contributed by atoms with Crippen LogP contribution in [0.4, 0.5) is 0 Å². The first-order valence-electron chi connectivity index (χ1n) is 9.29. The van der Waals surface area contributed by atoms with E-state index < -0.39 is 5.97 Å². The van der Waals surface area contributed by atoms with E-state index in [0.29, 0.717) is 23.2 Å². The standard InChI is InChI=1S/C22H24ClNO3/c1-2-3-4-5-6-9-14-26-22(25)17(16-24)15-18-12-13-21(27-18)19-10-7-8-11-20(19)23/h7-8,10-13,15H,2-6,9,14H2,1H3. The van der Waals surface area contributed by atoms with Crippen molar-refractivity contribution in [3.8, 4) is 17.4 Å². The van der Waals surface area contributed by atoms with Gasteiger partial charge in [0.15, 0.2) is 0 Å². The van der Waals surface area contributed by atoms with Gasteiger partial charge in [-0.15, -0.1) is 0 Å². The van der Waals surface area contributed by atoms with Gasteiger partial charge in [0.2, 0.25) is 0 Å². The molecule has 2 aromatic rings. The average Bonchev–Trinajstić information content (AvgIpc) is 3.14. The smallest absolute Gasteiger partial charge is 0.349 e. The Labute approximate surface area is 165 Å². The number of furan rings is 1. The molecule has 0 amide bonds. The first-order valence-corrected chi connectivity index (χ1v) is 9.67. The van der Waals surface area contributed by atoms with Gasteiger partial charge in [-0.2, -0.15) is 5.26 Å². The molecule has 1 aromatic carbocycles. The van der Waals surface area contributed by atoms with Crippen LogP contribution in [0.2, 0.25) is 5.02 Å². The fourth-order valence-corrected chi connectivity index (χ4v) is 2.87. The van der Waals surface area contributed by atoms with Crippen molar-refractivity contribution in [3.63, 3.8) is 0 Å². The van der Waals surface area contributed by atoms with E-state index in [-0.39, 0.29) is 5.57 Å². The zero-order valence-corrected chi connectivity index (χ0v) is 16.3. The van der Waals surface area contributed by atoms with Crippen LogP contribution in [0.1, 0.15) is 51.2 Å². The zero-order valence-electron chi connectivity index (χ0n) is 15.5. The van der Waals surface area contributed by atoms with Crippen molar-refractivity contribution in [2.75, 3.05) is 6.61 Å².